The molecule has 0 amide bonds. The zero-order chi connectivity index (χ0) is 12.5. The van der Waals surface area contributed by atoms with Gasteiger partial charge in [0.15, 0.2) is 0 Å². The van der Waals surface area contributed by atoms with Gasteiger partial charge < -0.3 is 19.4 Å². The van der Waals surface area contributed by atoms with E-state index in [1.807, 2.05) is 7.05 Å². The Morgan fingerprint density at radius 2 is 2.18 bits per heavy atom. The van der Waals surface area contributed by atoms with E-state index in [2.05, 4.69) is 35.3 Å². The third kappa shape index (κ3) is 4.89. The van der Waals surface area contributed by atoms with E-state index in [-0.39, 0.29) is 0 Å². The average molecular weight is 240 g/mol. The van der Waals surface area contributed by atoms with E-state index in [9.17, 15) is 0 Å². The molecule has 1 N–H and O–H groups in total. The van der Waals surface area contributed by atoms with E-state index < -0.39 is 0 Å². The molecule has 4 nitrogen and oxygen atoms in total. The topological polar surface area (TPSA) is 35.4 Å². The van der Waals surface area contributed by atoms with Gasteiger partial charge in [-0.1, -0.05) is 6.92 Å². The quantitative estimate of drug-likeness (QED) is 0.669. The molecule has 0 aliphatic carbocycles. The van der Waals surface area contributed by atoms with Gasteiger partial charge in [0.2, 0.25) is 0 Å². The molecule has 1 atom stereocenters. The van der Waals surface area contributed by atoms with Crippen molar-refractivity contribution in [3.63, 3.8) is 0 Å². The van der Waals surface area contributed by atoms with E-state index in [1.165, 1.54) is 5.56 Å². The Hall–Kier alpha value is -0.840. The summed E-state index contributed by atoms with van der Waals surface area (Å²) in [7, 11) is 3.68. The van der Waals surface area contributed by atoms with Gasteiger partial charge >= 0.3 is 0 Å². The lowest BCUT2D eigenvalue weighted by atomic mass is 10.1. The highest BCUT2D eigenvalue weighted by atomic mass is 16.5. The lowest BCUT2D eigenvalue weighted by Gasteiger charge is -2.11. The number of ether oxygens (including phenoxy) is 2. The normalized spacial score (nSPS) is 12.9. The Kier molecular flexibility index (Phi) is 6.93. The molecule has 0 saturated heterocycles. The minimum Gasteiger partial charge on any atom is -0.382 e. The number of methoxy groups -OCH3 is 1. The molecule has 17 heavy (non-hydrogen) atoms. The minimum atomic E-state index is 0.450. The Labute approximate surface area is 104 Å². The summed E-state index contributed by atoms with van der Waals surface area (Å²) >= 11 is 0. The third-order valence-electron chi connectivity index (χ3n) is 2.86. The molecule has 0 radical (unpaired) electrons. The Balaban J connectivity index is 2.30. The highest BCUT2D eigenvalue weighted by Crippen LogP contribution is 2.15. The van der Waals surface area contributed by atoms with Crippen LogP contribution in [0, 0.1) is 0 Å². The van der Waals surface area contributed by atoms with Crippen molar-refractivity contribution >= 4 is 0 Å². The van der Waals surface area contributed by atoms with Crippen molar-refractivity contribution in [2.45, 2.75) is 25.9 Å². The van der Waals surface area contributed by atoms with Gasteiger partial charge in [0.25, 0.3) is 0 Å². The minimum absolute atomic E-state index is 0.450. The number of hydrogen-bond acceptors (Lipinski definition) is 3. The fourth-order valence-corrected chi connectivity index (χ4v) is 1.83. The van der Waals surface area contributed by atoms with E-state index in [0.29, 0.717) is 19.3 Å². The maximum Gasteiger partial charge on any atom is 0.0701 e. The molecule has 1 aromatic rings. The van der Waals surface area contributed by atoms with E-state index in [1.54, 1.807) is 7.11 Å². The molecule has 1 aromatic heterocycles. The van der Waals surface area contributed by atoms with E-state index in [4.69, 9.17) is 9.47 Å². The zero-order valence-electron chi connectivity index (χ0n) is 11.1. The van der Waals surface area contributed by atoms with Gasteiger partial charge in [-0.3, -0.25) is 0 Å². The Morgan fingerprint density at radius 3 is 2.82 bits per heavy atom. The van der Waals surface area contributed by atoms with Gasteiger partial charge in [-0.15, -0.1) is 0 Å². The second kappa shape index (κ2) is 8.28. The molecule has 1 unspecified atom stereocenters. The van der Waals surface area contributed by atoms with Crippen LogP contribution in [0.1, 0.15) is 24.9 Å². The van der Waals surface area contributed by atoms with Crippen LogP contribution in [-0.2, 0) is 16.0 Å². The first kappa shape index (κ1) is 14.2. The first-order valence-corrected chi connectivity index (χ1v) is 6.21. The van der Waals surface area contributed by atoms with Crippen LogP contribution in [0.3, 0.4) is 0 Å². The molecule has 0 fully saturated rings. The third-order valence-corrected chi connectivity index (χ3v) is 2.86. The van der Waals surface area contributed by atoms with Crippen molar-refractivity contribution in [3.05, 3.63) is 24.0 Å². The maximum atomic E-state index is 5.44. The van der Waals surface area contributed by atoms with Gasteiger partial charge in [-0.25, -0.2) is 0 Å². The predicted octanol–water partition coefficient (Wildman–Crippen LogP) is 1.82. The van der Waals surface area contributed by atoms with Crippen LogP contribution < -0.4 is 5.32 Å². The SMILES string of the molecule is CCC(NC)c1ccn(CCOCCOC)c1. The first-order chi connectivity index (χ1) is 8.31. The van der Waals surface area contributed by atoms with Crippen LogP contribution >= 0.6 is 0 Å². The van der Waals surface area contributed by atoms with Crippen molar-refractivity contribution in [1.82, 2.24) is 9.88 Å². The van der Waals surface area contributed by atoms with Crippen molar-refractivity contribution in [1.29, 1.82) is 0 Å². The van der Waals surface area contributed by atoms with Gasteiger partial charge in [-0.2, -0.15) is 0 Å². The smallest absolute Gasteiger partial charge is 0.0701 e. The van der Waals surface area contributed by atoms with Crippen molar-refractivity contribution in [3.8, 4) is 0 Å². The number of hydrogen-bond donors (Lipinski definition) is 1. The number of nitrogens with zero attached hydrogens (tertiary/aromatic N) is 1. The standard InChI is InChI=1S/C13H24N2O2/c1-4-13(14-2)12-5-6-15(11-12)7-8-17-10-9-16-3/h5-6,11,13-14H,4,7-10H2,1-3H3. The molecule has 4 heteroatoms. The lowest BCUT2D eigenvalue weighted by Crippen LogP contribution is -2.14. The van der Waals surface area contributed by atoms with Crippen LogP contribution in [-0.4, -0.2) is 38.5 Å². The van der Waals surface area contributed by atoms with Gasteiger partial charge in [0, 0.05) is 32.1 Å². The van der Waals surface area contributed by atoms with Crippen molar-refractivity contribution in [2.24, 2.45) is 0 Å². The number of rotatable bonds is 9. The van der Waals surface area contributed by atoms with Crippen LogP contribution in [0.5, 0.6) is 0 Å². The molecule has 0 saturated carbocycles. The molecule has 0 bridgehead atoms. The fourth-order valence-electron chi connectivity index (χ4n) is 1.83. The molecular weight excluding hydrogens is 216 g/mol. The molecule has 0 aliphatic rings. The fraction of sp³-hybridized carbons (Fsp3) is 0.692. The monoisotopic (exact) mass is 240 g/mol. The lowest BCUT2D eigenvalue weighted by molar-refractivity contribution is 0.0666. The first-order valence-electron chi connectivity index (χ1n) is 6.21. The van der Waals surface area contributed by atoms with Gasteiger partial charge in [-0.05, 0) is 25.1 Å². The molecule has 0 aliphatic heterocycles. The van der Waals surface area contributed by atoms with Crippen molar-refractivity contribution < 1.29 is 9.47 Å². The Morgan fingerprint density at radius 1 is 1.35 bits per heavy atom. The second-order valence-corrected chi connectivity index (χ2v) is 4.04. The summed E-state index contributed by atoms with van der Waals surface area (Å²) in [6.45, 7) is 5.14. The summed E-state index contributed by atoms with van der Waals surface area (Å²) in [6, 6.07) is 2.62. The van der Waals surface area contributed by atoms with E-state index in [0.717, 1.165) is 19.6 Å². The van der Waals surface area contributed by atoms with Crippen molar-refractivity contribution in [2.75, 3.05) is 34.0 Å². The summed E-state index contributed by atoms with van der Waals surface area (Å²) in [5.41, 5.74) is 1.34. The zero-order valence-corrected chi connectivity index (χ0v) is 11.1. The van der Waals surface area contributed by atoms with Crippen LogP contribution in [0.4, 0.5) is 0 Å². The van der Waals surface area contributed by atoms with Crippen LogP contribution in [0.15, 0.2) is 18.5 Å². The van der Waals surface area contributed by atoms with Crippen LogP contribution in [0.25, 0.3) is 0 Å². The number of aromatic nitrogens is 1. The molecule has 0 spiro atoms. The molecule has 1 heterocycles. The van der Waals surface area contributed by atoms with Gasteiger partial charge in [0.1, 0.15) is 0 Å². The molecule has 1 rings (SSSR count). The summed E-state index contributed by atoms with van der Waals surface area (Å²) in [4.78, 5) is 0. The highest BCUT2D eigenvalue weighted by Gasteiger charge is 2.07. The predicted molar refractivity (Wildman–Crippen MR) is 69.2 cm³/mol. The summed E-state index contributed by atoms with van der Waals surface area (Å²) in [5.74, 6) is 0. The largest absolute Gasteiger partial charge is 0.382 e. The Bertz CT molecular complexity index is 295. The van der Waals surface area contributed by atoms with Gasteiger partial charge in [0.05, 0.1) is 19.8 Å². The highest BCUT2D eigenvalue weighted by molar-refractivity contribution is 5.15. The van der Waals surface area contributed by atoms with E-state index >= 15 is 0 Å². The molecule has 98 valence electrons. The maximum absolute atomic E-state index is 5.44. The second-order valence-electron chi connectivity index (χ2n) is 4.04. The average Bonchev–Trinajstić information content (AvgIpc) is 2.79. The summed E-state index contributed by atoms with van der Waals surface area (Å²) in [6.07, 6.45) is 5.39. The summed E-state index contributed by atoms with van der Waals surface area (Å²) < 4.78 is 12.5. The van der Waals surface area contributed by atoms with Crippen LogP contribution in [0.2, 0.25) is 0 Å². The molecule has 0 aromatic carbocycles. The number of nitrogens with one attached hydrogen (secondary N) is 1. The molecular formula is C13H24N2O2. The summed E-state index contributed by atoms with van der Waals surface area (Å²) in [5, 5.41) is 3.30.